The van der Waals surface area contributed by atoms with Crippen LogP contribution in [-0.4, -0.2) is 58.8 Å². The van der Waals surface area contributed by atoms with Gasteiger partial charge in [0.15, 0.2) is 12.2 Å². The monoisotopic (exact) mass is 604 g/mol. The number of carbonyl (C=O) groups is 3. The molecule has 0 amide bonds. The third-order valence-corrected chi connectivity index (χ3v) is 7.88. The Kier molecular flexibility index (Phi) is 15.2. The van der Waals surface area contributed by atoms with Crippen molar-refractivity contribution in [3.05, 3.63) is 47.3 Å². The number of aliphatic hydroxyl groups excluding tert-OH is 2. The largest absolute Gasteiger partial charge is 0.462 e. The first-order valence-corrected chi connectivity index (χ1v) is 15.6. The zero-order valence-electron chi connectivity index (χ0n) is 26.8. The van der Waals surface area contributed by atoms with E-state index in [1.54, 1.807) is 12.2 Å². The number of aliphatic hydroxyl groups is 2. The van der Waals surface area contributed by atoms with Crippen LogP contribution in [0.4, 0.5) is 0 Å². The Morgan fingerprint density at radius 2 is 1.67 bits per heavy atom. The van der Waals surface area contributed by atoms with Gasteiger partial charge >= 0.3 is 17.9 Å². The van der Waals surface area contributed by atoms with Gasteiger partial charge in [0, 0.05) is 31.8 Å². The number of unbranched alkanes of at least 4 members (excludes halogenated alkanes) is 6. The summed E-state index contributed by atoms with van der Waals surface area (Å²) in [6.07, 6.45) is 7.75. The van der Waals surface area contributed by atoms with Gasteiger partial charge in [0.1, 0.15) is 12.2 Å². The standard InChI is InChI=1S/C34H52O9/c1-8-9-10-11-12-13-14-15-30(38)43-29(18-21(2)3)33(41-24(6)35)27-20-40-34(42-25(7)36)31-23(5)32(39)28(37)19-22(4)16-17-26(27)31/h18-20,26,28-29,31-34,37,39H,5,8-17H2,1-4,6-7H3. The maximum atomic E-state index is 13.0. The third kappa shape index (κ3) is 11.6. The molecule has 0 fully saturated rings. The number of ether oxygens (including phenoxy) is 4. The van der Waals surface area contributed by atoms with Crippen molar-refractivity contribution >= 4 is 17.9 Å². The molecule has 0 aromatic rings. The van der Waals surface area contributed by atoms with Crippen LogP contribution in [0.2, 0.25) is 0 Å². The van der Waals surface area contributed by atoms with Crippen LogP contribution in [-0.2, 0) is 33.3 Å². The second-order valence-electron chi connectivity index (χ2n) is 12.0. The van der Waals surface area contributed by atoms with Crippen molar-refractivity contribution in [2.24, 2.45) is 11.8 Å². The number of rotatable bonds is 14. The topological polar surface area (TPSA) is 129 Å². The molecule has 0 aromatic carbocycles. The number of allylic oxidation sites excluding steroid dienone is 2. The molecule has 7 atom stereocenters. The van der Waals surface area contributed by atoms with E-state index in [4.69, 9.17) is 18.9 Å². The number of carbonyl (C=O) groups excluding carboxylic acids is 3. The van der Waals surface area contributed by atoms with Crippen LogP contribution >= 0.6 is 0 Å². The molecule has 43 heavy (non-hydrogen) atoms. The van der Waals surface area contributed by atoms with Gasteiger partial charge in [-0.15, -0.1) is 0 Å². The van der Waals surface area contributed by atoms with E-state index in [1.165, 1.54) is 39.4 Å². The Morgan fingerprint density at radius 1 is 1.02 bits per heavy atom. The number of fused-ring (bicyclic) bond motifs is 1. The lowest BCUT2D eigenvalue weighted by Gasteiger charge is -2.42. The third-order valence-electron chi connectivity index (χ3n) is 7.88. The summed E-state index contributed by atoms with van der Waals surface area (Å²) >= 11 is 0. The van der Waals surface area contributed by atoms with Gasteiger partial charge in [-0.25, -0.2) is 0 Å². The van der Waals surface area contributed by atoms with Crippen molar-refractivity contribution in [3.8, 4) is 0 Å². The quantitative estimate of drug-likeness (QED) is 0.106. The molecule has 7 unspecified atom stereocenters. The molecule has 0 saturated heterocycles. The summed E-state index contributed by atoms with van der Waals surface area (Å²) in [4.78, 5) is 37.5. The number of hydrogen-bond donors (Lipinski definition) is 2. The van der Waals surface area contributed by atoms with E-state index in [0.717, 1.165) is 30.4 Å². The van der Waals surface area contributed by atoms with E-state index in [0.29, 0.717) is 24.8 Å². The van der Waals surface area contributed by atoms with Crippen molar-refractivity contribution in [2.75, 3.05) is 0 Å². The molecule has 0 aromatic heterocycles. The molecule has 2 N–H and O–H groups in total. The second-order valence-corrected chi connectivity index (χ2v) is 12.0. The van der Waals surface area contributed by atoms with Crippen molar-refractivity contribution in [1.82, 2.24) is 0 Å². The lowest BCUT2D eigenvalue weighted by molar-refractivity contribution is -0.184. The predicted molar refractivity (Wildman–Crippen MR) is 163 cm³/mol. The van der Waals surface area contributed by atoms with Gasteiger partial charge in [0.25, 0.3) is 0 Å². The highest BCUT2D eigenvalue weighted by Crippen LogP contribution is 2.44. The summed E-state index contributed by atoms with van der Waals surface area (Å²) in [7, 11) is 0. The van der Waals surface area contributed by atoms with Gasteiger partial charge in [-0.2, -0.15) is 0 Å². The first-order valence-electron chi connectivity index (χ1n) is 15.6. The van der Waals surface area contributed by atoms with Crippen LogP contribution in [0.3, 0.4) is 0 Å². The summed E-state index contributed by atoms with van der Waals surface area (Å²) in [5, 5.41) is 21.6. The fourth-order valence-corrected chi connectivity index (χ4v) is 5.75. The maximum Gasteiger partial charge on any atom is 0.306 e. The molecule has 9 nitrogen and oxygen atoms in total. The van der Waals surface area contributed by atoms with Crippen LogP contribution in [0.15, 0.2) is 47.3 Å². The average molecular weight is 605 g/mol. The van der Waals surface area contributed by atoms with Crippen LogP contribution in [0.25, 0.3) is 0 Å². The van der Waals surface area contributed by atoms with E-state index >= 15 is 0 Å². The SMILES string of the molecule is C=C1C(O)C(O)C=C(C)CCC2C(C(OC(C)=O)C(C=C(C)C)OC(=O)CCCCCCCCC)=COC(OC(C)=O)C12. The highest BCUT2D eigenvalue weighted by Gasteiger charge is 2.47. The molecule has 2 aliphatic rings. The molecule has 242 valence electrons. The predicted octanol–water partition coefficient (Wildman–Crippen LogP) is 5.99. The van der Waals surface area contributed by atoms with Crippen LogP contribution in [0, 0.1) is 11.8 Å². The minimum absolute atomic E-state index is 0.219. The minimum atomic E-state index is -1.36. The summed E-state index contributed by atoms with van der Waals surface area (Å²) in [5.74, 6) is -2.82. The molecule has 1 heterocycles. The summed E-state index contributed by atoms with van der Waals surface area (Å²) in [6.45, 7) is 14.4. The van der Waals surface area contributed by atoms with Crippen molar-refractivity contribution in [3.63, 3.8) is 0 Å². The molecule has 9 heteroatoms. The van der Waals surface area contributed by atoms with Gasteiger partial charge in [-0.1, -0.05) is 69.2 Å². The normalized spacial score (nSPS) is 25.2. The van der Waals surface area contributed by atoms with Gasteiger partial charge in [0.2, 0.25) is 6.29 Å². The first kappa shape index (κ1) is 36.3. The molecule has 1 aliphatic heterocycles. The van der Waals surface area contributed by atoms with Gasteiger partial charge in [0.05, 0.1) is 12.2 Å². The molecule has 0 spiro atoms. The zero-order chi connectivity index (χ0) is 32.1. The van der Waals surface area contributed by atoms with Crippen LogP contribution in [0.5, 0.6) is 0 Å². The molecule has 0 radical (unpaired) electrons. The highest BCUT2D eigenvalue weighted by atomic mass is 16.7. The molecule has 2 rings (SSSR count). The number of hydrogen-bond acceptors (Lipinski definition) is 9. The van der Waals surface area contributed by atoms with E-state index in [9.17, 15) is 24.6 Å². The maximum absolute atomic E-state index is 13.0. The zero-order valence-corrected chi connectivity index (χ0v) is 26.8. The Labute approximate surface area is 257 Å². The molecular weight excluding hydrogens is 552 g/mol. The van der Waals surface area contributed by atoms with E-state index in [2.05, 4.69) is 13.5 Å². The van der Waals surface area contributed by atoms with E-state index < -0.39 is 60.4 Å². The Bertz CT molecular complexity index is 1050. The van der Waals surface area contributed by atoms with Crippen LogP contribution < -0.4 is 0 Å². The fourth-order valence-electron chi connectivity index (χ4n) is 5.75. The highest BCUT2D eigenvalue weighted by molar-refractivity contribution is 5.70. The lowest BCUT2D eigenvalue weighted by Crippen LogP contribution is -2.46. The fraction of sp³-hybridized carbons (Fsp3) is 0.676. The van der Waals surface area contributed by atoms with E-state index in [1.807, 2.05) is 20.8 Å². The average Bonchev–Trinajstić information content (AvgIpc) is 2.95. The van der Waals surface area contributed by atoms with Gasteiger partial charge < -0.3 is 29.2 Å². The summed E-state index contributed by atoms with van der Waals surface area (Å²) in [5.41, 5.74) is 2.43. The summed E-state index contributed by atoms with van der Waals surface area (Å²) < 4.78 is 23.2. The second kappa shape index (κ2) is 18.0. The van der Waals surface area contributed by atoms with Crippen molar-refractivity contribution < 1.29 is 43.5 Å². The van der Waals surface area contributed by atoms with Gasteiger partial charge in [-0.05, 0) is 51.7 Å². The summed E-state index contributed by atoms with van der Waals surface area (Å²) in [6, 6.07) is 0. The Morgan fingerprint density at radius 3 is 2.28 bits per heavy atom. The Balaban J connectivity index is 2.43. The Hall–Kier alpha value is -2.91. The van der Waals surface area contributed by atoms with Crippen molar-refractivity contribution in [2.45, 2.75) is 136 Å². The van der Waals surface area contributed by atoms with Crippen LogP contribution in [0.1, 0.15) is 106 Å². The van der Waals surface area contributed by atoms with E-state index in [-0.39, 0.29) is 12.0 Å². The van der Waals surface area contributed by atoms with Gasteiger partial charge in [-0.3, -0.25) is 14.4 Å². The first-order chi connectivity index (χ1) is 20.3. The van der Waals surface area contributed by atoms with Crippen molar-refractivity contribution in [1.29, 1.82) is 0 Å². The molecule has 0 saturated carbocycles. The number of esters is 3. The minimum Gasteiger partial charge on any atom is -0.462 e. The molecule has 1 aliphatic carbocycles. The lowest BCUT2D eigenvalue weighted by atomic mass is 9.73. The smallest absolute Gasteiger partial charge is 0.306 e. The molecular formula is C34H52O9. The molecule has 0 bridgehead atoms.